The first-order chi connectivity index (χ1) is 13.7. The van der Waals surface area contributed by atoms with Crippen LogP contribution in [0.2, 0.25) is 0 Å². The molecule has 0 aliphatic carbocycles. The van der Waals surface area contributed by atoms with Crippen molar-refractivity contribution in [2.24, 2.45) is 7.05 Å². The Bertz CT molecular complexity index is 1130. The van der Waals surface area contributed by atoms with Gasteiger partial charge in [-0.1, -0.05) is 24.3 Å². The number of anilines is 1. The van der Waals surface area contributed by atoms with Crippen LogP contribution in [-0.4, -0.2) is 35.8 Å². The summed E-state index contributed by atoms with van der Waals surface area (Å²) in [6, 6.07) is 15.0. The average molecular weight is 376 g/mol. The zero-order valence-electron chi connectivity index (χ0n) is 15.6. The van der Waals surface area contributed by atoms with Crippen molar-refractivity contribution in [1.29, 1.82) is 0 Å². The van der Waals surface area contributed by atoms with Gasteiger partial charge in [-0.15, -0.1) is 5.10 Å². The van der Waals surface area contributed by atoms with Crippen LogP contribution >= 0.6 is 0 Å². The highest BCUT2D eigenvalue weighted by Crippen LogP contribution is 2.19. The monoisotopic (exact) mass is 376 g/mol. The topological polar surface area (TPSA) is 103 Å². The number of benzene rings is 2. The van der Waals surface area contributed by atoms with Gasteiger partial charge in [0.1, 0.15) is 5.82 Å². The molecule has 0 unspecified atom stereocenters. The Morgan fingerprint density at radius 2 is 2.00 bits per heavy atom. The fraction of sp³-hybridized carbons (Fsp3) is 0.211. The van der Waals surface area contributed by atoms with Gasteiger partial charge >= 0.3 is 6.03 Å². The van der Waals surface area contributed by atoms with E-state index in [0.29, 0.717) is 18.1 Å². The number of urea groups is 1. The Morgan fingerprint density at radius 3 is 2.79 bits per heavy atom. The van der Waals surface area contributed by atoms with E-state index in [1.165, 1.54) is 0 Å². The molecule has 2 aromatic heterocycles. The minimum atomic E-state index is -0.303. The van der Waals surface area contributed by atoms with Crippen LogP contribution in [0.1, 0.15) is 12.7 Å². The summed E-state index contributed by atoms with van der Waals surface area (Å²) in [7, 11) is 1.77. The molecule has 142 valence electrons. The third-order valence-electron chi connectivity index (χ3n) is 4.46. The molecule has 0 aliphatic rings. The van der Waals surface area contributed by atoms with Gasteiger partial charge in [-0.2, -0.15) is 0 Å². The first kappa shape index (κ1) is 17.7. The van der Waals surface area contributed by atoms with Crippen molar-refractivity contribution in [1.82, 2.24) is 35.1 Å². The maximum Gasteiger partial charge on any atom is 0.319 e. The van der Waals surface area contributed by atoms with Crippen molar-refractivity contribution in [2.45, 2.75) is 20.0 Å². The predicted octanol–water partition coefficient (Wildman–Crippen LogP) is 2.57. The van der Waals surface area contributed by atoms with E-state index in [9.17, 15) is 4.79 Å². The third kappa shape index (κ3) is 3.41. The van der Waals surface area contributed by atoms with Crippen molar-refractivity contribution in [3.8, 4) is 11.4 Å². The molecule has 2 heterocycles. The average Bonchev–Trinajstić information content (AvgIpc) is 3.29. The summed E-state index contributed by atoms with van der Waals surface area (Å²) in [5.41, 5.74) is 3.46. The van der Waals surface area contributed by atoms with Crippen LogP contribution in [0.25, 0.3) is 22.4 Å². The largest absolute Gasteiger partial charge is 0.331 e. The molecule has 0 fully saturated rings. The number of fused-ring (bicyclic) bond motifs is 1. The standard InChI is InChI=1S/C19H20N8O/c1-3-27-16-10-5-4-9-15(16)22-17(27)12-20-19(28)21-14-8-6-7-13(11-14)18-23-24-25-26(18)2/h4-11H,3,12H2,1-2H3,(H2,20,21,28). The number of para-hydroxylation sites is 2. The van der Waals surface area contributed by atoms with Crippen molar-refractivity contribution in [3.05, 3.63) is 54.4 Å². The van der Waals surface area contributed by atoms with Gasteiger partial charge in [0.15, 0.2) is 5.82 Å². The van der Waals surface area contributed by atoms with Gasteiger partial charge < -0.3 is 15.2 Å². The minimum Gasteiger partial charge on any atom is -0.331 e. The fourth-order valence-corrected chi connectivity index (χ4v) is 3.16. The number of nitrogens with one attached hydrogen (secondary N) is 2. The molecule has 2 N–H and O–H groups in total. The molecule has 28 heavy (non-hydrogen) atoms. The molecule has 0 atom stereocenters. The van der Waals surface area contributed by atoms with E-state index < -0.39 is 0 Å². The van der Waals surface area contributed by atoms with E-state index in [1.807, 2.05) is 48.5 Å². The maximum atomic E-state index is 12.4. The van der Waals surface area contributed by atoms with E-state index in [2.05, 4.69) is 42.6 Å². The molecule has 0 radical (unpaired) electrons. The Balaban J connectivity index is 1.45. The first-order valence-corrected chi connectivity index (χ1v) is 8.97. The molecule has 2 aromatic carbocycles. The smallest absolute Gasteiger partial charge is 0.319 e. The van der Waals surface area contributed by atoms with Crippen LogP contribution in [-0.2, 0) is 20.1 Å². The summed E-state index contributed by atoms with van der Waals surface area (Å²) in [4.78, 5) is 17.0. The number of aryl methyl sites for hydroxylation is 2. The summed E-state index contributed by atoms with van der Waals surface area (Å²) in [5.74, 6) is 1.44. The quantitative estimate of drug-likeness (QED) is 0.557. The van der Waals surface area contributed by atoms with Crippen LogP contribution in [0.4, 0.5) is 10.5 Å². The zero-order chi connectivity index (χ0) is 19.5. The lowest BCUT2D eigenvalue weighted by molar-refractivity contribution is 0.251. The summed E-state index contributed by atoms with van der Waals surface area (Å²) < 4.78 is 3.67. The normalized spacial score (nSPS) is 10.9. The summed E-state index contributed by atoms with van der Waals surface area (Å²) in [5, 5.41) is 17.2. The van der Waals surface area contributed by atoms with Gasteiger partial charge in [-0.05, 0) is 41.6 Å². The molecule has 0 spiro atoms. The number of hydrogen-bond acceptors (Lipinski definition) is 5. The Kier molecular flexibility index (Phi) is 4.71. The van der Waals surface area contributed by atoms with Gasteiger partial charge in [0.05, 0.1) is 17.6 Å². The second-order valence-electron chi connectivity index (χ2n) is 6.28. The molecule has 0 aliphatic heterocycles. The van der Waals surface area contributed by atoms with E-state index >= 15 is 0 Å². The lowest BCUT2D eigenvalue weighted by Gasteiger charge is -2.10. The van der Waals surface area contributed by atoms with Gasteiger partial charge in [0.25, 0.3) is 0 Å². The van der Waals surface area contributed by atoms with Crippen LogP contribution in [0.15, 0.2) is 48.5 Å². The van der Waals surface area contributed by atoms with E-state index in [4.69, 9.17) is 0 Å². The lowest BCUT2D eigenvalue weighted by atomic mass is 10.2. The Morgan fingerprint density at radius 1 is 1.14 bits per heavy atom. The molecular formula is C19H20N8O. The Labute approximate surface area is 161 Å². The second kappa shape index (κ2) is 7.47. The highest BCUT2D eigenvalue weighted by molar-refractivity contribution is 5.90. The number of rotatable bonds is 5. The van der Waals surface area contributed by atoms with E-state index in [0.717, 1.165) is 29.0 Å². The first-order valence-electron chi connectivity index (χ1n) is 8.97. The molecule has 9 heteroatoms. The summed E-state index contributed by atoms with van der Waals surface area (Å²) in [6.07, 6.45) is 0. The van der Waals surface area contributed by atoms with Crippen LogP contribution in [0, 0.1) is 0 Å². The molecule has 4 rings (SSSR count). The van der Waals surface area contributed by atoms with Gasteiger partial charge in [0, 0.05) is 24.8 Å². The van der Waals surface area contributed by atoms with Gasteiger partial charge in [-0.25, -0.2) is 14.5 Å². The third-order valence-corrected chi connectivity index (χ3v) is 4.46. The zero-order valence-corrected chi connectivity index (χ0v) is 15.6. The number of imidazole rings is 1. The number of hydrogen-bond donors (Lipinski definition) is 2. The van der Waals surface area contributed by atoms with Crippen molar-refractivity contribution < 1.29 is 4.79 Å². The lowest BCUT2D eigenvalue weighted by Crippen LogP contribution is -2.29. The summed E-state index contributed by atoms with van der Waals surface area (Å²) in [6.45, 7) is 3.18. The van der Waals surface area contributed by atoms with Crippen molar-refractivity contribution in [2.75, 3.05) is 5.32 Å². The molecule has 0 saturated carbocycles. The number of aromatic nitrogens is 6. The predicted molar refractivity (Wildman–Crippen MR) is 105 cm³/mol. The molecule has 4 aromatic rings. The molecule has 9 nitrogen and oxygen atoms in total. The SMILES string of the molecule is CCn1c(CNC(=O)Nc2cccc(-c3nnnn3C)c2)nc2ccccc21. The summed E-state index contributed by atoms with van der Waals surface area (Å²) >= 11 is 0. The number of carbonyl (C=O) groups is 1. The molecule has 0 saturated heterocycles. The second-order valence-corrected chi connectivity index (χ2v) is 6.28. The van der Waals surface area contributed by atoms with E-state index in [-0.39, 0.29) is 6.03 Å². The number of nitrogens with zero attached hydrogens (tertiary/aromatic N) is 6. The molecular weight excluding hydrogens is 356 g/mol. The van der Waals surface area contributed by atoms with Gasteiger partial charge in [0.2, 0.25) is 0 Å². The number of amides is 2. The highest BCUT2D eigenvalue weighted by atomic mass is 16.2. The van der Waals surface area contributed by atoms with Crippen LogP contribution in [0.3, 0.4) is 0 Å². The number of tetrazole rings is 1. The van der Waals surface area contributed by atoms with Crippen molar-refractivity contribution in [3.63, 3.8) is 0 Å². The van der Waals surface area contributed by atoms with Crippen LogP contribution in [0.5, 0.6) is 0 Å². The van der Waals surface area contributed by atoms with Gasteiger partial charge in [-0.3, -0.25) is 0 Å². The van der Waals surface area contributed by atoms with E-state index in [1.54, 1.807) is 11.7 Å². The number of carbonyl (C=O) groups excluding carboxylic acids is 1. The Hall–Kier alpha value is -3.75. The highest BCUT2D eigenvalue weighted by Gasteiger charge is 2.11. The maximum absolute atomic E-state index is 12.4. The molecule has 0 bridgehead atoms. The van der Waals surface area contributed by atoms with Crippen LogP contribution < -0.4 is 10.6 Å². The fourth-order valence-electron chi connectivity index (χ4n) is 3.16. The van der Waals surface area contributed by atoms with Crippen molar-refractivity contribution >= 4 is 22.8 Å². The minimum absolute atomic E-state index is 0.303. The molecule has 2 amide bonds.